The normalized spacial score (nSPS) is 12.1. The Morgan fingerprint density at radius 2 is 1.95 bits per heavy atom. The van der Waals surface area contributed by atoms with Crippen molar-refractivity contribution in [2.75, 3.05) is 12.4 Å². The summed E-state index contributed by atoms with van der Waals surface area (Å²) in [4.78, 5) is 0. The molecule has 5 heteroatoms. The van der Waals surface area contributed by atoms with Crippen LogP contribution in [0, 0.1) is 11.6 Å². The Morgan fingerprint density at radius 1 is 1.20 bits per heavy atom. The van der Waals surface area contributed by atoms with E-state index in [1.165, 1.54) is 13.2 Å². The predicted molar refractivity (Wildman–Crippen MR) is 76.4 cm³/mol. The molecule has 0 aliphatic carbocycles. The molecule has 0 saturated carbocycles. The van der Waals surface area contributed by atoms with Gasteiger partial charge >= 0.3 is 0 Å². The van der Waals surface area contributed by atoms with Gasteiger partial charge in [-0.05, 0) is 31.2 Å². The highest BCUT2D eigenvalue weighted by atomic mass is 35.5. The zero-order valence-electron chi connectivity index (χ0n) is 11.1. The fourth-order valence-electron chi connectivity index (χ4n) is 1.94. The topological polar surface area (TPSA) is 21.3 Å². The van der Waals surface area contributed by atoms with Gasteiger partial charge in [-0.2, -0.15) is 0 Å². The van der Waals surface area contributed by atoms with Crippen LogP contribution in [-0.2, 0) is 0 Å². The van der Waals surface area contributed by atoms with Gasteiger partial charge < -0.3 is 10.1 Å². The van der Waals surface area contributed by atoms with Crippen molar-refractivity contribution in [3.63, 3.8) is 0 Å². The standard InChI is InChI=1S/C15H14ClF2NO/c1-9(11-4-3-5-13(17)15(11)18)19-10-6-7-14(20-2)12(16)8-10/h3-9,19H,1-2H3. The Morgan fingerprint density at radius 3 is 2.60 bits per heavy atom. The van der Waals surface area contributed by atoms with Crippen LogP contribution in [0.5, 0.6) is 5.75 Å². The second-order valence-electron chi connectivity index (χ2n) is 4.36. The lowest BCUT2D eigenvalue weighted by atomic mass is 10.1. The van der Waals surface area contributed by atoms with Crippen molar-refractivity contribution in [2.45, 2.75) is 13.0 Å². The highest BCUT2D eigenvalue weighted by Gasteiger charge is 2.14. The molecule has 1 atom stereocenters. The number of halogens is 3. The zero-order chi connectivity index (χ0) is 14.7. The van der Waals surface area contributed by atoms with E-state index in [0.717, 1.165) is 6.07 Å². The number of ether oxygens (including phenoxy) is 1. The lowest BCUT2D eigenvalue weighted by Gasteiger charge is -2.17. The number of hydrogen-bond acceptors (Lipinski definition) is 2. The van der Waals surface area contributed by atoms with Crippen LogP contribution >= 0.6 is 11.6 Å². The fraction of sp³-hybridized carbons (Fsp3) is 0.200. The average Bonchev–Trinajstić information content (AvgIpc) is 2.42. The van der Waals surface area contributed by atoms with Crippen molar-refractivity contribution < 1.29 is 13.5 Å². The lowest BCUT2D eigenvalue weighted by molar-refractivity contribution is 0.415. The second kappa shape index (κ2) is 6.09. The van der Waals surface area contributed by atoms with Gasteiger partial charge in [0.1, 0.15) is 5.75 Å². The molecule has 0 aliphatic heterocycles. The summed E-state index contributed by atoms with van der Waals surface area (Å²) in [6.45, 7) is 1.75. The van der Waals surface area contributed by atoms with Crippen LogP contribution in [0.2, 0.25) is 5.02 Å². The van der Waals surface area contributed by atoms with E-state index in [2.05, 4.69) is 5.32 Å². The van der Waals surface area contributed by atoms with Gasteiger partial charge in [0.25, 0.3) is 0 Å². The highest BCUT2D eigenvalue weighted by Crippen LogP contribution is 2.29. The molecule has 1 N–H and O–H groups in total. The van der Waals surface area contributed by atoms with Crippen molar-refractivity contribution in [3.8, 4) is 5.75 Å². The molecule has 0 fully saturated rings. The van der Waals surface area contributed by atoms with E-state index >= 15 is 0 Å². The van der Waals surface area contributed by atoms with Crippen LogP contribution in [-0.4, -0.2) is 7.11 Å². The third-order valence-corrected chi connectivity index (χ3v) is 3.28. The van der Waals surface area contributed by atoms with Crippen LogP contribution < -0.4 is 10.1 Å². The van der Waals surface area contributed by atoms with E-state index in [9.17, 15) is 8.78 Å². The quantitative estimate of drug-likeness (QED) is 0.875. The van der Waals surface area contributed by atoms with Gasteiger partial charge in [0.05, 0.1) is 18.2 Å². The highest BCUT2D eigenvalue weighted by molar-refractivity contribution is 6.32. The molecule has 2 rings (SSSR count). The third kappa shape index (κ3) is 3.02. The minimum absolute atomic E-state index is 0.261. The SMILES string of the molecule is COc1ccc(NC(C)c2cccc(F)c2F)cc1Cl. The van der Waals surface area contributed by atoms with E-state index in [4.69, 9.17) is 16.3 Å². The average molecular weight is 298 g/mol. The Kier molecular flexibility index (Phi) is 4.45. The number of nitrogens with one attached hydrogen (secondary N) is 1. The van der Waals surface area contributed by atoms with E-state index in [1.54, 1.807) is 31.2 Å². The Balaban J connectivity index is 2.21. The first kappa shape index (κ1) is 14.6. The van der Waals surface area contributed by atoms with Crippen LogP contribution in [0.15, 0.2) is 36.4 Å². The van der Waals surface area contributed by atoms with Crippen molar-refractivity contribution >= 4 is 17.3 Å². The minimum Gasteiger partial charge on any atom is -0.495 e. The van der Waals surface area contributed by atoms with Gasteiger partial charge in [0.15, 0.2) is 11.6 Å². The van der Waals surface area contributed by atoms with Gasteiger partial charge in [-0.1, -0.05) is 23.7 Å². The van der Waals surface area contributed by atoms with Crippen LogP contribution in [0.25, 0.3) is 0 Å². The predicted octanol–water partition coefficient (Wildman–Crippen LogP) is 4.80. The molecule has 0 bridgehead atoms. The Bertz CT molecular complexity index is 619. The number of anilines is 1. The molecule has 0 saturated heterocycles. The molecule has 2 nitrogen and oxygen atoms in total. The maximum Gasteiger partial charge on any atom is 0.164 e. The van der Waals surface area contributed by atoms with Crippen LogP contribution in [0.3, 0.4) is 0 Å². The van der Waals surface area contributed by atoms with E-state index in [-0.39, 0.29) is 5.56 Å². The Labute approximate surface area is 121 Å². The minimum atomic E-state index is -0.857. The number of rotatable bonds is 4. The van der Waals surface area contributed by atoms with Crippen molar-refractivity contribution in [1.29, 1.82) is 0 Å². The molecule has 2 aromatic rings. The van der Waals surface area contributed by atoms with Crippen molar-refractivity contribution in [1.82, 2.24) is 0 Å². The molecule has 2 aromatic carbocycles. The lowest BCUT2D eigenvalue weighted by Crippen LogP contribution is -2.09. The van der Waals surface area contributed by atoms with Gasteiger partial charge in [-0.15, -0.1) is 0 Å². The van der Waals surface area contributed by atoms with E-state index in [1.807, 2.05) is 0 Å². The summed E-state index contributed by atoms with van der Waals surface area (Å²) in [7, 11) is 1.53. The summed E-state index contributed by atoms with van der Waals surface area (Å²) in [5.41, 5.74) is 0.962. The zero-order valence-corrected chi connectivity index (χ0v) is 11.8. The molecule has 0 aromatic heterocycles. The molecule has 0 heterocycles. The maximum atomic E-state index is 13.7. The summed E-state index contributed by atoms with van der Waals surface area (Å²) >= 11 is 6.02. The number of benzene rings is 2. The van der Waals surface area contributed by atoms with E-state index < -0.39 is 17.7 Å². The molecular weight excluding hydrogens is 284 g/mol. The maximum absolute atomic E-state index is 13.7. The Hall–Kier alpha value is -1.81. The smallest absolute Gasteiger partial charge is 0.164 e. The first-order valence-corrected chi connectivity index (χ1v) is 6.44. The summed E-state index contributed by atoms with van der Waals surface area (Å²) < 4.78 is 31.9. The molecular formula is C15H14ClF2NO. The summed E-state index contributed by atoms with van der Waals surface area (Å²) in [5, 5.41) is 3.52. The molecule has 0 aliphatic rings. The summed E-state index contributed by atoms with van der Waals surface area (Å²) in [5.74, 6) is -1.14. The number of hydrogen-bond donors (Lipinski definition) is 1. The van der Waals surface area contributed by atoms with Crippen LogP contribution in [0.1, 0.15) is 18.5 Å². The third-order valence-electron chi connectivity index (χ3n) is 2.98. The molecule has 106 valence electrons. The number of methoxy groups -OCH3 is 1. The fourth-order valence-corrected chi connectivity index (χ4v) is 2.20. The van der Waals surface area contributed by atoms with Crippen molar-refractivity contribution in [2.24, 2.45) is 0 Å². The molecule has 0 amide bonds. The first-order valence-electron chi connectivity index (χ1n) is 6.07. The largest absolute Gasteiger partial charge is 0.495 e. The van der Waals surface area contributed by atoms with E-state index in [0.29, 0.717) is 16.5 Å². The van der Waals surface area contributed by atoms with Gasteiger partial charge in [-0.3, -0.25) is 0 Å². The monoisotopic (exact) mass is 297 g/mol. The van der Waals surface area contributed by atoms with Crippen molar-refractivity contribution in [3.05, 3.63) is 58.6 Å². The summed E-state index contributed by atoms with van der Waals surface area (Å²) in [6.07, 6.45) is 0. The molecule has 1 unspecified atom stereocenters. The van der Waals surface area contributed by atoms with Crippen LogP contribution in [0.4, 0.5) is 14.5 Å². The molecule has 20 heavy (non-hydrogen) atoms. The molecule has 0 radical (unpaired) electrons. The first-order chi connectivity index (χ1) is 9.52. The second-order valence-corrected chi connectivity index (χ2v) is 4.77. The van der Waals surface area contributed by atoms with Gasteiger partial charge in [-0.25, -0.2) is 8.78 Å². The summed E-state index contributed by atoms with van der Waals surface area (Å²) in [6, 6.07) is 8.87. The van der Waals surface area contributed by atoms with Gasteiger partial charge in [0, 0.05) is 11.3 Å². The van der Waals surface area contributed by atoms with Gasteiger partial charge in [0.2, 0.25) is 0 Å². The molecule has 0 spiro atoms.